The Balaban J connectivity index is -0.000000535. The molecule has 2 heterocycles. The van der Waals surface area contributed by atoms with Crippen molar-refractivity contribution in [1.82, 2.24) is 5.32 Å². The Kier molecular flexibility index (Phi) is 26.6. The lowest BCUT2D eigenvalue weighted by atomic mass is 10.1. The van der Waals surface area contributed by atoms with Crippen LogP contribution in [0.25, 0.3) is 0 Å². The Morgan fingerprint density at radius 2 is 1.50 bits per heavy atom. The van der Waals surface area contributed by atoms with Crippen LogP contribution in [0.5, 0.6) is 0 Å². The van der Waals surface area contributed by atoms with E-state index in [9.17, 15) is 0 Å². The first kappa shape index (κ1) is 32.4. The third-order valence-corrected chi connectivity index (χ3v) is 3.35. The molecule has 0 aromatic rings. The van der Waals surface area contributed by atoms with Gasteiger partial charge in [-0.1, -0.05) is 41.5 Å². The zero-order valence-electron chi connectivity index (χ0n) is 19.9. The number of aliphatic hydroxyl groups excluding tert-OH is 2. The van der Waals surface area contributed by atoms with E-state index < -0.39 is 0 Å². The Morgan fingerprint density at radius 1 is 0.964 bits per heavy atom. The second-order valence-electron chi connectivity index (χ2n) is 6.74. The summed E-state index contributed by atoms with van der Waals surface area (Å²) in [6.07, 6.45) is 2.74. The molecule has 7 nitrogen and oxygen atoms in total. The molecule has 28 heavy (non-hydrogen) atoms. The highest BCUT2D eigenvalue weighted by molar-refractivity contribution is 4.77. The van der Waals surface area contributed by atoms with Crippen LogP contribution >= 0.6 is 0 Å². The maximum atomic E-state index is 8.06. The van der Waals surface area contributed by atoms with Crippen molar-refractivity contribution in [3.8, 4) is 0 Å². The summed E-state index contributed by atoms with van der Waals surface area (Å²) in [6, 6.07) is 1.05. The van der Waals surface area contributed by atoms with Crippen molar-refractivity contribution in [2.75, 3.05) is 26.9 Å². The monoisotopic (exact) mass is 410 g/mol. The summed E-state index contributed by atoms with van der Waals surface area (Å²) in [4.78, 5) is 0. The van der Waals surface area contributed by atoms with E-state index in [-0.39, 0.29) is 24.5 Å². The molecule has 2 aliphatic rings. The first-order valence-electron chi connectivity index (χ1n) is 10.9. The van der Waals surface area contributed by atoms with Crippen molar-refractivity contribution < 1.29 is 24.4 Å². The third-order valence-electron chi connectivity index (χ3n) is 3.35. The fraction of sp³-hybridized carbons (Fsp3) is 1.00. The average Bonchev–Trinajstić information content (AvgIpc) is 2.67. The van der Waals surface area contributed by atoms with Gasteiger partial charge >= 0.3 is 0 Å². The normalized spacial score (nSPS) is 26.4. The Morgan fingerprint density at radius 3 is 1.89 bits per heavy atom. The van der Waals surface area contributed by atoms with E-state index in [0.29, 0.717) is 25.3 Å². The summed E-state index contributed by atoms with van der Waals surface area (Å²) >= 11 is 0. The molecule has 2 fully saturated rings. The third kappa shape index (κ3) is 20.5. The van der Waals surface area contributed by atoms with Crippen LogP contribution in [-0.2, 0) is 14.2 Å². The van der Waals surface area contributed by atoms with Crippen molar-refractivity contribution >= 4 is 0 Å². The molecule has 0 saturated carbocycles. The molecule has 2 rings (SSSR count). The molecule has 0 aromatic carbocycles. The number of aliphatic hydroxyl groups is 2. The maximum Gasteiger partial charge on any atom is 0.158 e. The lowest BCUT2D eigenvalue weighted by Crippen LogP contribution is -2.46. The van der Waals surface area contributed by atoms with Crippen LogP contribution in [0.2, 0.25) is 0 Å². The van der Waals surface area contributed by atoms with Gasteiger partial charge in [0.1, 0.15) is 0 Å². The zero-order valence-corrected chi connectivity index (χ0v) is 19.9. The summed E-state index contributed by atoms with van der Waals surface area (Å²) in [5, 5.41) is 18.5. The first-order valence-corrected chi connectivity index (χ1v) is 10.9. The number of hydrogen-bond donors (Lipinski definition) is 4. The summed E-state index contributed by atoms with van der Waals surface area (Å²) in [5.74, 6) is 0. The fourth-order valence-electron chi connectivity index (χ4n) is 2.57. The molecule has 0 aliphatic carbocycles. The Labute approximate surface area is 174 Å². The number of nitrogens with two attached hydrogens (primary N) is 1. The Hall–Kier alpha value is -0.280. The number of rotatable bonds is 4. The minimum absolute atomic E-state index is 0.0888. The van der Waals surface area contributed by atoms with Gasteiger partial charge in [-0.2, -0.15) is 0 Å². The molecule has 0 spiro atoms. The summed E-state index contributed by atoms with van der Waals surface area (Å²) in [7, 11) is 1.00. The van der Waals surface area contributed by atoms with Crippen molar-refractivity contribution in [2.45, 2.75) is 111 Å². The largest absolute Gasteiger partial charge is 0.400 e. The van der Waals surface area contributed by atoms with Crippen LogP contribution in [0, 0.1) is 0 Å². The molecule has 0 aromatic heterocycles. The van der Waals surface area contributed by atoms with Crippen molar-refractivity contribution in [3.63, 3.8) is 0 Å². The van der Waals surface area contributed by atoms with Crippen LogP contribution in [0.4, 0.5) is 0 Å². The minimum Gasteiger partial charge on any atom is -0.400 e. The van der Waals surface area contributed by atoms with E-state index in [1.165, 1.54) is 0 Å². The minimum atomic E-state index is -0.167. The van der Waals surface area contributed by atoms with E-state index in [2.05, 4.69) is 19.2 Å². The number of nitrogens with one attached hydrogen (secondary N) is 1. The molecular weight excluding hydrogens is 360 g/mol. The van der Waals surface area contributed by atoms with Gasteiger partial charge in [0.05, 0.1) is 25.9 Å². The highest BCUT2D eigenvalue weighted by Gasteiger charge is 2.27. The molecule has 7 heteroatoms. The van der Waals surface area contributed by atoms with E-state index in [0.717, 1.165) is 33.0 Å². The van der Waals surface area contributed by atoms with Crippen molar-refractivity contribution in [3.05, 3.63) is 0 Å². The zero-order chi connectivity index (χ0) is 22.5. The van der Waals surface area contributed by atoms with Gasteiger partial charge in [-0.15, -0.1) is 0 Å². The molecule has 2 aliphatic heterocycles. The van der Waals surface area contributed by atoms with Gasteiger partial charge in [-0.3, -0.25) is 0 Å². The summed E-state index contributed by atoms with van der Waals surface area (Å²) in [6.45, 7) is 17.8. The second-order valence-corrected chi connectivity index (χ2v) is 6.74. The predicted octanol–water partition coefficient (Wildman–Crippen LogP) is 2.67. The van der Waals surface area contributed by atoms with Crippen LogP contribution < -0.4 is 11.1 Å². The molecule has 0 radical (unpaired) electrons. The van der Waals surface area contributed by atoms with Gasteiger partial charge in [0.2, 0.25) is 0 Å². The molecule has 0 bridgehead atoms. The summed E-state index contributed by atoms with van der Waals surface area (Å²) in [5.41, 5.74) is 5.85. The highest BCUT2D eigenvalue weighted by Crippen LogP contribution is 2.19. The van der Waals surface area contributed by atoms with E-state index in [1.54, 1.807) is 13.8 Å². The quantitative estimate of drug-likeness (QED) is 0.564. The van der Waals surface area contributed by atoms with Crippen molar-refractivity contribution in [2.24, 2.45) is 5.73 Å². The van der Waals surface area contributed by atoms with Gasteiger partial charge in [0, 0.05) is 31.3 Å². The lowest BCUT2D eigenvalue weighted by molar-refractivity contribution is -0.212. The molecule has 174 valence electrons. The molecule has 2 saturated heterocycles. The average molecular weight is 411 g/mol. The number of hydrogen-bond acceptors (Lipinski definition) is 7. The second kappa shape index (κ2) is 23.0. The lowest BCUT2D eigenvalue weighted by Gasteiger charge is -2.34. The molecular formula is C21H50N2O5. The Bertz CT molecular complexity index is 283. The highest BCUT2D eigenvalue weighted by atomic mass is 16.7. The summed E-state index contributed by atoms with van der Waals surface area (Å²) < 4.78 is 17.0. The van der Waals surface area contributed by atoms with Gasteiger partial charge in [-0.05, 0) is 33.1 Å². The first-order chi connectivity index (χ1) is 13.4. The fourth-order valence-corrected chi connectivity index (χ4v) is 2.57. The molecule has 4 atom stereocenters. The predicted molar refractivity (Wildman–Crippen MR) is 118 cm³/mol. The van der Waals surface area contributed by atoms with Crippen LogP contribution in [0.3, 0.4) is 0 Å². The molecule has 4 unspecified atom stereocenters. The van der Waals surface area contributed by atoms with Crippen LogP contribution in [0.15, 0.2) is 0 Å². The molecule has 0 amide bonds. The standard InChI is InChI=1S/C13H26N2O3.C3H8O.2C2H6.CH4O/c1-9(2)15-11-3-4-13(17-7-11)18-12-5-10(14)6-16-8-12;1-3(2)4;3*1-2/h9-13,15H,3-8,14H2,1-2H3;3-4H,1-2H3;2*1-2H3;2H,1H3. The van der Waals surface area contributed by atoms with E-state index in [1.807, 2.05) is 27.7 Å². The van der Waals surface area contributed by atoms with Gasteiger partial charge in [0.15, 0.2) is 6.29 Å². The van der Waals surface area contributed by atoms with Crippen LogP contribution in [-0.4, -0.2) is 73.8 Å². The SMILES string of the molecule is CC.CC.CC(C)NC1CCC(OC2COCC(N)C2)OC1.CC(C)O.CO. The molecule has 5 N–H and O–H groups in total. The van der Waals surface area contributed by atoms with Crippen molar-refractivity contribution in [1.29, 1.82) is 0 Å². The topological polar surface area (TPSA) is 106 Å². The number of ether oxygens (including phenoxy) is 3. The van der Waals surface area contributed by atoms with E-state index in [4.69, 9.17) is 30.2 Å². The van der Waals surface area contributed by atoms with Gasteiger partial charge in [-0.25, -0.2) is 0 Å². The maximum absolute atomic E-state index is 8.06. The van der Waals surface area contributed by atoms with Crippen LogP contribution in [0.1, 0.15) is 74.7 Å². The smallest absolute Gasteiger partial charge is 0.158 e. The van der Waals surface area contributed by atoms with Gasteiger partial charge in [0.25, 0.3) is 0 Å². The van der Waals surface area contributed by atoms with E-state index >= 15 is 0 Å². The van der Waals surface area contributed by atoms with Gasteiger partial charge < -0.3 is 35.5 Å².